The Morgan fingerprint density at radius 1 is 1.00 bits per heavy atom. The van der Waals surface area contributed by atoms with Gasteiger partial charge in [-0.15, -0.1) is 0 Å². The lowest BCUT2D eigenvalue weighted by Crippen LogP contribution is -2.41. The summed E-state index contributed by atoms with van der Waals surface area (Å²) in [6.07, 6.45) is 0. The van der Waals surface area contributed by atoms with Crippen molar-refractivity contribution in [3.05, 3.63) is 0 Å². The number of hydrogen-bond acceptors (Lipinski definition) is 2. The molecule has 0 aromatic heterocycles. The second kappa shape index (κ2) is 2.53. The van der Waals surface area contributed by atoms with Gasteiger partial charge in [0.05, 0.1) is 11.2 Å². The van der Waals surface area contributed by atoms with E-state index in [-0.39, 0.29) is 18.2 Å². The minimum Gasteiger partial charge on any atom is -0.410 e. The molecule has 0 aliphatic carbocycles. The van der Waals surface area contributed by atoms with Gasteiger partial charge >= 0.3 is 7.01 Å². The fraction of sp³-hybridized carbons (Fsp3) is 1.00. The molecule has 2 nitrogen and oxygen atoms in total. The van der Waals surface area contributed by atoms with E-state index < -0.39 is 0 Å². The van der Waals surface area contributed by atoms with Crippen molar-refractivity contribution < 1.29 is 9.31 Å². The SMILES string of the molecule is C[B]B1OC(C)(C)C(C)(C)O1. The zero-order chi connectivity index (χ0) is 8.70. The van der Waals surface area contributed by atoms with Gasteiger partial charge in [0.1, 0.15) is 0 Å². The summed E-state index contributed by atoms with van der Waals surface area (Å²) >= 11 is 0. The van der Waals surface area contributed by atoms with Crippen molar-refractivity contribution in [2.24, 2.45) is 0 Å². The predicted octanol–water partition coefficient (Wildman–Crippen LogP) is 1.33. The molecule has 0 aromatic rings. The Bertz CT molecular complexity index is 141. The van der Waals surface area contributed by atoms with Crippen LogP contribution < -0.4 is 0 Å². The fourth-order valence-electron chi connectivity index (χ4n) is 1.02. The minimum atomic E-state index is -0.190. The molecule has 0 unspecified atom stereocenters. The van der Waals surface area contributed by atoms with E-state index in [9.17, 15) is 0 Å². The molecule has 0 aromatic carbocycles. The van der Waals surface area contributed by atoms with E-state index in [2.05, 4.69) is 27.7 Å². The van der Waals surface area contributed by atoms with E-state index in [4.69, 9.17) is 9.31 Å². The van der Waals surface area contributed by atoms with E-state index in [1.165, 1.54) is 0 Å². The lowest BCUT2D eigenvalue weighted by molar-refractivity contribution is 0.00578. The Morgan fingerprint density at radius 2 is 1.36 bits per heavy atom. The molecule has 1 rings (SSSR count). The molecule has 0 N–H and O–H groups in total. The summed E-state index contributed by atoms with van der Waals surface area (Å²) in [6.45, 7) is 10.2. The van der Waals surface area contributed by atoms with Crippen LogP contribution in [0.15, 0.2) is 0 Å². The smallest absolute Gasteiger partial charge is 0.398 e. The summed E-state index contributed by atoms with van der Waals surface area (Å²) in [6, 6.07) is 0. The molecule has 1 radical (unpaired) electrons. The summed E-state index contributed by atoms with van der Waals surface area (Å²) in [4.78, 5) is 0. The average molecular weight is 153 g/mol. The van der Waals surface area contributed by atoms with Crippen LogP contribution >= 0.6 is 0 Å². The summed E-state index contributed by atoms with van der Waals surface area (Å²) in [5.74, 6) is 0. The monoisotopic (exact) mass is 153 g/mol. The molecule has 1 fully saturated rings. The molecule has 0 saturated carbocycles. The van der Waals surface area contributed by atoms with Crippen LogP contribution in [0.25, 0.3) is 0 Å². The van der Waals surface area contributed by atoms with Gasteiger partial charge in [-0.25, -0.2) is 0 Å². The van der Waals surface area contributed by atoms with Gasteiger partial charge < -0.3 is 9.31 Å². The van der Waals surface area contributed by atoms with Gasteiger partial charge in [0.2, 0.25) is 0 Å². The molecule has 1 aliphatic rings. The standard InChI is InChI=1S/C7H15B2O2/c1-6(2)7(3,4)11-9(8-5)10-6/h1-5H3. The second-order valence-electron chi connectivity index (χ2n) is 3.96. The van der Waals surface area contributed by atoms with E-state index >= 15 is 0 Å². The highest BCUT2D eigenvalue weighted by molar-refractivity contribution is 7.05. The Hall–Kier alpha value is 0.0499. The molecule has 0 atom stereocenters. The first-order chi connectivity index (χ1) is 4.89. The van der Waals surface area contributed by atoms with Gasteiger partial charge in [0.25, 0.3) is 0 Å². The van der Waals surface area contributed by atoms with Gasteiger partial charge in [0, 0.05) is 0 Å². The van der Waals surface area contributed by atoms with Crippen molar-refractivity contribution in [2.45, 2.75) is 45.7 Å². The molecular weight excluding hydrogens is 138 g/mol. The zero-order valence-corrected chi connectivity index (χ0v) is 7.97. The highest BCUT2D eigenvalue weighted by Crippen LogP contribution is 2.36. The molecule has 1 saturated heterocycles. The first kappa shape index (κ1) is 9.14. The van der Waals surface area contributed by atoms with Gasteiger partial charge in [-0.2, -0.15) is 0 Å². The molecular formula is C7H15B2O2. The zero-order valence-electron chi connectivity index (χ0n) is 7.97. The first-order valence-corrected chi connectivity index (χ1v) is 4.04. The van der Waals surface area contributed by atoms with Crippen molar-refractivity contribution >= 4 is 14.2 Å². The van der Waals surface area contributed by atoms with Crippen molar-refractivity contribution in [3.63, 3.8) is 0 Å². The minimum absolute atomic E-state index is 0.139. The first-order valence-electron chi connectivity index (χ1n) is 4.04. The highest BCUT2D eigenvalue weighted by Gasteiger charge is 2.49. The molecule has 0 spiro atoms. The van der Waals surface area contributed by atoms with Crippen LogP contribution in [-0.2, 0) is 9.31 Å². The lowest BCUT2D eigenvalue weighted by atomic mass is 9.45. The average Bonchev–Trinajstić information content (AvgIpc) is 2.03. The molecule has 61 valence electrons. The van der Waals surface area contributed by atoms with Crippen molar-refractivity contribution in [1.82, 2.24) is 0 Å². The van der Waals surface area contributed by atoms with Crippen LogP contribution in [0.1, 0.15) is 27.7 Å². The van der Waals surface area contributed by atoms with Crippen molar-refractivity contribution in [2.75, 3.05) is 0 Å². The maximum atomic E-state index is 5.64. The largest absolute Gasteiger partial charge is 0.410 e. The summed E-state index contributed by atoms with van der Waals surface area (Å²) < 4.78 is 11.3. The Kier molecular flexibility index (Phi) is 2.10. The predicted molar refractivity (Wildman–Crippen MR) is 47.7 cm³/mol. The van der Waals surface area contributed by atoms with Crippen LogP contribution in [-0.4, -0.2) is 25.4 Å². The maximum Gasteiger partial charge on any atom is 0.398 e. The van der Waals surface area contributed by atoms with Crippen LogP contribution in [0.3, 0.4) is 0 Å². The fourth-order valence-corrected chi connectivity index (χ4v) is 1.02. The summed E-state index contributed by atoms with van der Waals surface area (Å²) in [7, 11) is 1.79. The molecule has 4 heteroatoms. The van der Waals surface area contributed by atoms with Crippen molar-refractivity contribution in [3.8, 4) is 0 Å². The third-order valence-corrected chi connectivity index (χ3v) is 2.54. The van der Waals surface area contributed by atoms with Gasteiger partial charge in [-0.1, -0.05) is 6.82 Å². The van der Waals surface area contributed by atoms with Crippen molar-refractivity contribution in [1.29, 1.82) is 0 Å². The summed E-state index contributed by atoms with van der Waals surface area (Å²) in [5, 5.41) is 0. The van der Waals surface area contributed by atoms with Gasteiger partial charge in [-0.05, 0) is 27.7 Å². The highest BCUT2D eigenvalue weighted by atomic mass is 16.7. The molecule has 0 amide bonds. The molecule has 0 bridgehead atoms. The van der Waals surface area contributed by atoms with E-state index in [1.807, 2.05) is 14.0 Å². The Labute approximate surface area is 70.0 Å². The van der Waals surface area contributed by atoms with Gasteiger partial charge in [0.15, 0.2) is 7.17 Å². The van der Waals surface area contributed by atoms with E-state index in [0.29, 0.717) is 0 Å². The third kappa shape index (κ3) is 1.47. The van der Waals surface area contributed by atoms with Crippen LogP contribution in [0.4, 0.5) is 0 Å². The molecule has 1 aliphatic heterocycles. The van der Waals surface area contributed by atoms with Crippen LogP contribution in [0.2, 0.25) is 6.82 Å². The Morgan fingerprint density at radius 3 is 1.55 bits per heavy atom. The quantitative estimate of drug-likeness (QED) is 0.528. The molecule has 11 heavy (non-hydrogen) atoms. The Balaban J connectivity index is 2.72. The van der Waals surface area contributed by atoms with Crippen LogP contribution in [0.5, 0.6) is 0 Å². The van der Waals surface area contributed by atoms with Gasteiger partial charge in [-0.3, -0.25) is 0 Å². The molecule has 1 heterocycles. The lowest BCUT2D eigenvalue weighted by Gasteiger charge is -2.32. The number of hydrogen-bond donors (Lipinski definition) is 0. The van der Waals surface area contributed by atoms with E-state index in [0.717, 1.165) is 0 Å². The number of rotatable bonds is 1. The third-order valence-electron chi connectivity index (χ3n) is 2.54. The van der Waals surface area contributed by atoms with Crippen LogP contribution in [0, 0.1) is 0 Å². The van der Waals surface area contributed by atoms with E-state index in [1.54, 1.807) is 0 Å². The maximum absolute atomic E-state index is 5.64. The second-order valence-corrected chi connectivity index (χ2v) is 3.96. The summed E-state index contributed by atoms with van der Waals surface area (Å²) in [5.41, 5.74) is -0.381. The topological polar surface area (TPSA) is 18.5 Å². The normalized spacial score (nSPS) is 27.2.